The van der Waals surface area contributed by atoms with Gasteiger partial charge in [-0.2, -0.15) is 0 Å². The highest BCUT2D eigenvalue weighted by Gasteiger charge is 2.28. The normalized spacial score (nSPS) is 13.8. The summed E-state index contributed by atoms with van der Waals surface area (Å²) in [6.45, 7) is 7.71. The van der Waals surface area contributed by atoms with Gasteiger partial charge in [0.2, 0.25) is 0 Å². The van der Waals surface area contributed by atoms with Gasteiger partial charge in [-0.1, -0.05) is 6.07 Å². The van der Waals surface area contributed by atoms with Crippen molar-refractivity contribution in [3.8, 4) is 16.3 Å². The van der Waals surface area contributed by atoms with Crippen LogP contribution in [0.1, 0.15) is 38.2 Å². The monoisotopic (exact) mass is 467 g/mol. The number of benzene rings is 2. The molecule has 0 atom stereocenters. The van der Waals surface area contributed by atoms with Gasteiger partial charge in [0.1, 0.15) is 21.5 Å². The summed E-state index contributed by atoms with van der Waals surface area (Å²) in [5, 5.41) is 0.786. The number of ether oxygens (including phenoxy) is 1. The third-order valence-electron chi connectivity index (χ3n) is 5.68. The Morgan fingerprint density at radius 2 is 1.64 bits per heavy atom. The van der Waals surface area contributed by atoms with Crippen LogP contribution in [-0.2, 0) is 0 Å². The Hall–Kier alpha value is -3.26. The number of halogens is 1. The van der Waals surface area contributed by atoms with Gasteiger partial charge in [0.15, 0.2) is 0 Å². The minimum atomic E-state index is -0.390. The first-order valence-corrected chi connectivity index (χ1v) is 11.7. The largest absolute Gasteiger partial charge is 0.494 e. The predicted octanol–water partition coefficient (Wildman–Crippen LogP) is 4.56. The number of aromatic nitrogens is 1. The molecule has 1 aliphatic heterocycles. The molecule has 0 saturated carbocycles. The summed E-state index contributed by atoms with van der Waals surface area (Å²) in [4.78, 5) is 34.5. The average Bonchev–Trinajstić information content (AvgIpc) is 3.22. The third kappa shape index (κ3) is 4.90. The lowest BCUT2D eigenvalue weighted by Crippen LogP contribution is -2.50. The third-order valence-corrected chi connectivity index (χ3v) is 6.87. The van der Waals surface area contributed by atoms with Gasteiger partial charge in [0.25, 0.3) is 11.8 Å². The van der Waals surface area contributed by atoms with E-state index in [-0.39, 0.29) is 11.8 Å². The quantitative estimate of drug-likeness (QED) is 0.552. The summed E-state index contributed by atoms with van der Waals surface area (Å²) in [6, 6.07) is 12.2. The van der Waals surface area contributed by atoms with Gasteiger partial charge in [-0.25, -0.2) is 9.37 Å². The van der Waals surface area contributed by atoms with E-state index in [0.717, 1.165) is 16.3 Å². The molecule has 0 spiro atoms. The Kier molecular flexibility index (Phi) is 6.74. The fourth-order valence-electron chi connectivity index (χ4n) is 3.74. The summed E-state index contributed by atoms with van der Waals surface area (Å²) < 4.78 is 19.3. The van der Waals surface area contributed by atoms with Crippen LogP contribution in [0.25, 0.3) is 10.6 Å². The maximum Gasteiger partial charge on any atom is 0.265 e. The molecule has 172 valence electrons. The van der Waals surface area contributed by atoms with Crippen LogP contribution >= 0.6 is 11.3 Å². The maximum atomic E-state index is 13.8. The number of rotatable bonds is 5. The fourth-order valence-corrected chi connectivity index (χ4v) is 4.78. The molecule has 0 radical (unpaired) electrons. The molecule has 0 aliphatic carbocycles. The van der Waals surface area contributed by atoms with Gasteiger partial charge in [-0.3, -0.25) is 9.59 Å². The van der Waals surface area contributed by atoms with E-state index in [9.17, 15) is 14.0 Å². The first kappa shape index (κ1) is 22.9. The summed E-state index contributed by atoms with van der Waals surface area (Å²) in [5.74, 6) is 0.119. The Morgan fingerprint density at radius 1 is 1.00 bits per heavy atom. The maximum absolute atomic E-state index is 13.8. The van der Waals surface area contributed by atoms with Crippen molar-refractivity contribution in [3.05, 3.63) is 70.0 Å². The van der Waals surface area contributed by atoms with Crippen LogP contribution in [0.4, 0.5) is 4.39 Å². The molecule has 8 heteroatoms. The molecule has 6 nitrogen and oxygen atoms in total. The summed E-state index contributed by atoms with van der Waals surface area (Å²) >= 11 is 1.38. The molecule has 1 fully saturated rings. The number of carbonyl (C=O) groups excluding carboxylic acids is 2. The standard InChI is InChI=1S/C25H26FN3O3S/c1-4-32-20-9-7-18(8-10-20)23-27-17(3)22(33-23)25(31)29-13-11-28(12-14-29)24(30)19-6-5-16(2)21(26)15-19/h5-10,15H,4,11-14H2,1-3H3. The van der Waals surface area contributed by atoms with Crippen LogP contribution in [0.15, 0.2) is 42.5 Å². The summed E-state index contributed by atoms with van der Waals surface area (Å²) in [6.07, 6.45) is 0. The van der Waals surface area contributed by atoms with Crippen LogP contribution in [0.3, 0.4) is 0 Å². The van der Waals surface area contributed by atoms with Gasteiger partial charge < -0.3 is 14.5 Å². The Balaban J connectivity index is 1.41. The number of hydrogen-bond donors (Lipinski definition) is 0. The van der Waals surface area contributed by atoms with Crippen molar-refractivity contribution in [2.24, 2.45) is 0 Å². The lowest BCUT2D eigenvalue weighted by atomic mass is 10.1. The second-order valence-electron chi connectivity index (χ2n) is 7.94. The molecule has 2 aromatic carbocycles. The molecule has 3 aromatic rings. The molecule has 33 heavy (non-hydrogen) atoms. The predicted molar refractivity (Wildman–Crippen MR) is 126 cm³/mol. The van der Waals surface area contributed by atoms with Crippen molar-refractivity contribution in [1.82, 2.24) is 14.8 Å². The highest BCUT2D eigenvalue weighted by molar-refractivity contribution is 7.17. The number of carbonyl (C=O) groups is 2. The van der Waals surface area contributed by atoms with Gasteiger partial charge in [0, 0.05) is 37.3 Å². The lowest BCUT2D eigenvalue weighted by Gasteiger charge is -2.34. The van der Waals surface area contributed by atoms with Crippen molar-refractivity contribution in [1.29, 1.82) is 0 Å². The molecule has 0 unspecified atom stereocenters. The summed E-state index contributed by atoms with van der Waals surface area (Å²) in [5.41, 5.74) is 2.47. The molecule has 1 aliphatic rings. The van der Waals surface area contributed by atoms with Crippen LogP contribution in [0.5, 0.6) is 5.75 Å². The molecule has 2 heterocycles. The van der Waals surface area contributed by atoms with E-state index < -0.39 is 5.82 Å². The van der Waals surface area contributed by atoms with Crippen molar-refractivity contribution in [2.75, 3.05) is 32.8 Å². The van der Waals surface area contributed by atoms with E-state index in [2.05, 4.69) is 4.98 Å². The van der Waals surface area contributed by atoms with Gasteiger partial charge in [-0.05, 0) is 62.7 Å². The smallest absolute Gasteiger partial charge is 0.265 e. The summed E-state index contributed by atoms with van der Waals surface area (Å²) in [7, 11) is 0. The molecule has 4 rings (SSSR count). The number of piperazine rings is 1. The lowest BCUT2D eigenvalue weighted by molar-refractivity contribution is 0.0537. The van der Waals surface area contributed by atoms with Gasteiger partial charge >= 0.3 is 0 Å². The first-order valence-electron chi connectivity index (χ1n) is 10.9. The van der Waals surface area contributed by atoms with Crippen LogP contribution < -0.4 is 4.74 Å². The molecule has 0 bridgehead atoms. The van der Waals surface area contributed by atoms with Crippen molar-refractivity contribution in [3.63, 3.8) is 0 Å². The number of nitrogens with zero attached hydrogens (tertiary/aromatic N) is 3. The van der Waals surface area contributed by atoms with Crippen molar-refractivity contribution < 1.29 is 18.7 Å². The zero-order chi connectivity index (χ0) is 23.5. The van der Waals surface area contributed by atoms with Crippen LogP contribution in [0, 0.1) is 19.7 Å². The SMILES string of the molecule is CCOc1ccc(-c2nc(C)c(C(=O)N3CCN(C(=O)c4ccc(C)c(F)c4)CC3)s2)cc1. The van der Waals surface area contributed by atoms with Gasteiger partial charge in [-0.15, -0.1) is 11.3 Å². The minimum Gasteiger partial charge on any atom is -0.494 e. The Labute approximate surface area is 196 Å². The molecule has 2 amide bonds. The van der Waals surface area contributed by atoms with E-state index in [1.807, 2.05) is 38.1 Å². The first-order chi connectivity index (χ1) is 15.9. The van der Waals surface area contributed by atoms with Gasteiger partial charge in [0.05, 0.1) is 12.3 Å². The molecular weight excluding hydrogens is 441 g/mol. The molecule has 1 aromatic heterocycles. The zero-order valence-electron chi connectivity index (χ0n) is 18.9. The number of amides is 2. The van der Waals surface area contributed by atoms with Crippen molar-refractivity contribution in [2.45, 2.75) is 20.8 Å². The van der Waals surface area contributed by atoms with Crippen LogP contribution in [-0.4, -0.2) is 59.4 Å². The number of thiazole rings is 1. The van der Waals surface area contributed by atoms with Crippen LogP contribution in [0.2, 0.25) is 0 Å². The highest BCUT2D eigenvalue weighted by atomic mass is 32.1. The minimum absolute atomic E-state index is 0.0735. The van der Waals surface area contributed by atoms with E-state index in [1.165, 1.54) is 17.4 Å². The van der Waals surface area contributed by atoms with E-state index >= 15 is 0 Å². The van der Waals surface area contributed by atoms with Crippen molar-refractivity contribution >= 4 is 23.2 Å². The highest BCUT2D eigenvalue weighted by Crippen LogP contribution is 2.30. The second kappa shape index (κ2) is 9.70. The molecule has 0 N–H and O–H groups in total. The fraction of sp³-hybridized carbons (Fsp3) is 0.320. The number of hydrogen-bond acceptors (Lipinski definition) is 5. The zero-order valence-corrected chi connectivity index (χ0v) is 19.7. The Bertz CT molecular complexity index is 1170. The Morgan fingerprint density at radius 3 is 2.24 bits per heavy atom. The topological polar surface area (TPSA) is 62.7 Å². The van der Waals surface area contributed by atoms with E-state index in [4.69, 9.17) is 4.74 Å². The number of aryl methyl sites for hydroxylation is 2. The van der Waals surface area contributed by atoms with E-state index in [1.54, 1.807) is 28.9 Å². The molecule has 1 saturated heterocycles. The molecular formula is C25H26FN3O3S. The average molecular weight is 468 g/mol. The second-order valence-corrected chi connectivity index (χ2v) is 8.94. The van der Waals surface area contributed by atoms with E-state index in [0.29, 0.717) is 54.5 Å².